The van der Waals surface area contributed by atoms with E-state index in [9.17, 15) is 4.79 Å². The molecule has 0 unspecified atom stereocenters. The van der Waals surface area contributed by atoms with Crippen LogP contribution in [-0.2, 0) is 9.53 Å². The molecule has 0 radical (unpaired) electrons. The number of nitrogens with one attached hydrogen (secondary N) is 1. The first kappa shape index (κ1) is 12.4. The van der Waals surface area contributed by atoms with E-state index in [2.05, 4.69) is 26.1 Å². The van der Waals surface area contributed by atoms with Gasteiger partial charge >= 0.3 is 0 Å². The Hall–Kier alpha value is -0.570. The molecule has 0 heterocycles. The zero-order valence-corrected chi connectivity index (χ0v) is 9.14. The Labute approximate surface area is 80.8 Å². The predicted molar refractivity (Wildman–Crippen MR) is 53.6 cm³/mol. The van der Waals surface area contributed by atoms with Crippen molar-refractivity contribution >= 4 is 5.91 Å². The third-order valence-corrected chi connectivity index (χ3v) is 1.37. The maximum Gasteiger partial charge on any atom is 0.216 e. The lowest BCUT2D eigenvalue weighted by Crippen LogP contribution is -2.23. The minimum absolute atomic E-state index is 0.0239. The fraction of sp³-hybridized carbons (Fsp3) is 0.900. The molecule has 0 aliphatic rings. The molecular formula is C10H21NO2. The number of rotatable bonds is 5. The molecule has 0 aromatic heterocycles. The summed E-state index contributed by atoms with van der Waals surface area (Å²) in [6, 6.07) is 0. The maximum absolute atomic E-state index is 10.5. The highest BCUT2D eigenvalue weighted by atomic mass is 16.5. The lowest BCUT2D eigenvalue weighted by atomic mass is 9.99. The van der Waals surface area contributed by atoms with Crippen molar-refractivity contribution in [1.82, 2.24) is 5.32 Å². The number of ether oxygens (including phenoxy) is 1. The van der Waals surface area contributed by atoms with E-state index < -0.39 is 0 Å². The van der Waals surface area contributed by atoms with Crippen LogP contribution in [0.2, 0.25) is 0 Å². The van der Waals surface area contributed by atoms with Crippen LogP contribution in [0.5, 0.6) is 0 Å². The number of amides is 1. The SMILES string of the molecule is CC(=O)NCCCOCC(C)(C)C. The van der Waals surface area contributed by atoms with Crippen LogP contribution in [0.15, 0.2) is 0 Å². The normalized spacial score (nSPS) is 11.4. The molecule has 0 spiro atoms. The average Bonchev–Trinajstić information content (AvgIpc) is 1.93. The Balaban J connectivity index is 3.13. The summed E-state index contributed by atoms with van der Waals surface area (Å²) in [6.07, 6.45) is 0.885. The summed E-state index contributed by atoms with van der Waals surface area (Å²) in [4.78, 5) is 10.5. The van der Waals surface area contributed by atoms with E-state index >= 15 is 0 Å². The van der Waals surface area contributed by atoms with Gasteiger partial charge in [0.15, 0.2) is 0 Å². The van der Waals surface area contributed by atoms with Crippen LogP contribution in [-0.4, -0.2) is 25.7 Å². The van der Waals surface area contributed by atoms with Gasteiger partial charge in [-0.05, 0) is 11.8 Å². The van der Waals surface area contributed by atoms with Crippen molar-refractivity contribution in [1.29, 1.82) is 0 Å². The van der Waals surface area contributed by atoms with E-state index in [0.717, 1.165) is 19.6 Å². The first-order chi connectivity index (χ1) is 5.92. The minimum atomic E-state index is 0.0239. The van der Waals surface area contributed by atoms with Gasteiger partial charge in [0.05, 0.1) is 6.61 Å². The van der Waals surface area contributed by atoms with E-state index in [-0.39, 0.29) is 11.3 Å². The molecular weight excluding hydrogens is 166 g/mol. The van der Waals surface area contributed by atoms with Gasteiger partial charge in [0.1, 0.15) is 0 Å². The van der Waals surface area contributed by atoms with Gasteiger partial charge in [-0.3, -0.25) is 4.79 Å². The van der Waals surface area contributed by atoms with Gasteiger partial charge in [0, 0.05) is 20.1 Å². The zero-order valence-electron chi connectivity index (χ0n) is 9.14. The average molecular weight is 187 g/mol. The molecule has 0 bridgehead atoms. The van der Waals surface area contributed by atoms with Crippen molar-refractivity contribution < 1.29 is 9.53 Å². The molecule has 78 valence electrons. The van der Waals surface area contributed by atoms with Gasteiger partial charge in [-0.15, -0.1) is 0 Å². The van der Waals surface area contributed by atoms with Gasteiger partial charge in [0.25, 0.3) is 0 Å². The summed E-state index contributed by atoms with van der Waals surface area (Å²) >= 11 is 0. The van der Waals surface area contributed by atoms with E-state index in [0.29, 0.717) is 6.54 Å². The summed E-state index contributed by atoms with van der Waals surface area (Å²) in [5, 5.41) is 2.72. The van der Waals surface area contributed by atoms with Crippen molar-refractivity contribution in [3.63, 3.8) is 0 Å². The summed E-state index contributed by atoms with van der Waals surface area (Å²) in [5.74, 6) is 0.0239. The smallest absolute Gasteiger partial charge is 0.216 e. The summed E-state index contributed by atoms with van der Waals surface area (Å²) in [7, 11) is 0. The third kappa shape index (κ3) is 11.4. The fourth-order valence-electron chi connectivity index (χ4n) is 0.817. The zero-order chi connectivity index (χ0) is 10.3. The largest absolute Gasteiger partial charge is 0.381 e. The Kier molecular flexibility index (Phi) is 5.71. The van der Waals surface area contributed by atoms with Crippen molar-refractivity contribution in [2.24, 2.45) is 5.41 Å². The molecule has 0 saturated carbocycles. The van der Waals surface area contributed by atoms with Gasteiger partial charge in [-0.25, -0.2) is 0 Å². The molecule has 13 heavy (non-hydrogen) atoms. The van der Waals surface area contributed by atoms with E-state index in [1.54, 1.807) is 0 Å². The molecule has 0 rings (SSSR count). The van der Waals surface area contributed by atoms with Crippen molar-refractivity contribution in [3.05, 3.63) is 0 Å². The predicted octanol–water partition coefficient (Wildman–Crippen LogP) is 1.58. The molecule has 0 saturated heterocycles. The fourth-order valence-corrected chi connectivity index (χ4v) is 0.817. The molecule has 3 heteroatoms. The first-order valence-electron chi connectivity index (χ1n) is 4.74. The second kappa shape index (κ2) is 5.97. The highest BCUT2D eigenvalue weighted by Crippen LogP contribution is 2.12. The first-order valence-corrected chi connectivity index (χ1v) is 4.74. The van der Waals surface area contributed by atoms with Crippen molar-refractivity contribution in [2.75, 3.05) is 19.8 Å². The summed E-state index contributed by atoms with van der Waals surface area (Å²) in [6.45, 7) is 10.1. The van der Waals surface area contributed by atoms with Gasteiger partial charge < -0.3 is 10.1 Å². The number of hydrogen-bond donors (Lipinski definition) is 1. The lowest BCUT2D eigenvalue weighted by molar-refractivity contribution is -0.119. The second-order valence-corrected chi connectivity index (χ2v) is 4.45. The Bertz CT molecular complexity index is 149. The van der Waals surface area contributed by atoms with Crippen LogP contribution in [0, 0.1) is 5.41 Å². The maximum atomic E-state index is 10.5. The van der Waals surface area contributed by atoms with Gasteiger partial charge in [-0.1, -0.05) is 20.8 Å². The standard InChI is InChI=1S/C10H21NO2/c1-9(12)11-6-5-7-13-8-10(2,3)4/h5-8H2,1-4H3,(H,11,12). The van der Waals surface area contributed by atoms with E-state index in [1.807, 2.05) is 0 Å². The Morgan fingerprint density at radius 2 is 2.00 bits per heavy atom. The van der Waals surface area contributed by atoms with Crippen LogP contribution < -0.4 is 5.32 Å². The van der Waals surface area contributed by atoms with E-state index in [4.69, 9.17) is 4.74 Å². The topological polar surface area (TPSA) is 38.3 Å². The molecule has 0 aromatic carbocycles. The van der Waals surface area contributed by atoms with Crippen LogP contribution >= 0.6 is 0 Å². The number of carbonyl (C=O) groups is 1. The van der Waals surface area contributed by atoms with Crippen LogP contribution in [0.25, 0.3) is 0 Å². The van der Waals surface area contributed by atoms with Crippen LogP contribution in [0.1, 0.15) is 34.1 Å². The molecule has 3 nitrogen and oxygen atoms in total. The molecule has 0 aromatic rings. The highest BCUT2D eigenvalue weighted by molar-refractivity contribution is 5.72. The Morgan fingerprint density at radius 1 is 1.38 bits per heavy atom. The van der Waals surface area contributed by atoms with Gasteiger partial charge in [-0.2, -0.15) is 0 Å². The second-order valence-electron chi connectivity index (χ2n) is 4.45. The highest BCUT2D eigenvalue weighted by Gasteiger charge is 2.09. The number of carbonyl (C=O) groups excluding carboxylic acids is 1. The minimum Gasteiger partial charge on any atom is -0.381 e. The summed E-state index contributed by atoms with van der Waals surface area (Å²) in [5.41, 5.74) is 0.230. The van der Waals surface area contributed by atoms with E-state index in [1.165, 1.54) is 6.92 Å². The lowest BCUT2D eigenvalue weighted by Gasteiger charge is -2.17. The van der Waals surface area contributed by atoms with Crippen LogP contribution in [0.4, 0.5) is 0 Å². The molecule has 0 aliphatic heterocycles. The van der Waals surface area contributed by atoms with Crippen LogP contribution in [0.3, 0.4) is 0 Å². The molecule has 0 fully saturated rings. The molecule has 1 amide bonds. The third-order valence-electron chi connectivity index (χ3n) is 1.37. The molecule has 1 N–H and O–H groups in total. The molecule has 0 aliphatic carbocycles. The number of hydrogen-bond acceptors (Lipinski definition) is 2. The summed E-state index contributed by atoms with van der Waals surface area (Å²) < 4.78 is 5.43. The van der Waals surface area contributed by atoms with Crippen molar-refractivity contribution in [2.45, 2.75) is 34.1 Å². The van der Waals surface area contributed by atoms with Gasteiger partial charge in [0.2, 0.25) is 5.91 Å². The monoisotopic (exact) mass is 187 g/mol. The molecule has 0 atom stereocenters. The van der Waals surface area contributed by atoms with Crippen molar-refractivity contribution in [3.8, 4) is 0 Å². The Morgan fingerprint density at radius 3 is 2.46 bits per heavy atom. The quantitative estimate of drug-likeness (QED) is 0.663.